The molecule has 164 valence electrons. The molecule has 3 rings (SSSR count). The zero-order valence-electron chi connectivity index (χ0n) is 16.8. The zero-order valence-corrected chi connectivity index (χ0v) is 16.8. The van der Waals surface area contributed by atoms with E-state index < -0.39 is 18.2 Å². The Morgan fingerprint density at radius 3 is 2.73 bits per heavy atom. The van der Waals surface area contributed by atoms with Crippen LogP contribution in [0.15, 0.2) is 36.4 Å². The highest BCUT2D eigenvalue weighted by atomic mass is 19.1. The van der Waals surface area contributed by atoms with Crippen LogP contribution in [0.5, 0.6) is 0 Å². The summed E-state index contributed by atoms with van der Waals surface area (Å²) in [5.41, 5.74) is 0.666. The van der Waals surface area contributed by atoms with Gasteiger partial charge in [-0.15, -0.1) is 0 Å². The second-order valence-electron chi connectivity index (χ2n) is 7.37. The average molecular weight is 421 g/mol. The predicted molar refractivity (Wildman–Crippen MR) is 107 cm³/mol. The Hall–Kier alpha value is -2.33. The van der Waals surface area contributed by atoms with E-state index in [-0.39, 0.29) is 43.7 Å². The van der Waals surface area contributed by atoms with Gasteiger partial charge in [0, 0.05) is 19.6 Å². The molecule has 0 bridgehead atoms. The highest BCUT2D eigenvalue weighted by molar-refractivity contribution is 5.79. The smallest absolute Gasteiger partial charge is 0.234 e. The Bertz CT molecular complexity index is 754. The van der Waals surface area contributed by atoms with E-state index in [9.17, 15) is 19.1 Å². The highest BCUT2D eigenvalue weighted by Gasteiger charge is 2.29. The van der Waals surface area contributed by atoms with E-state index in [2.05, 4.69) is 10.6 Å². The molecule has 8 nitrogen and oxygen atoms in total. The molecule has 1 aromatic rings. The molecule has 1 aromatic carbocycles. The average Bonchev–Trinajstić information content (AvgIpc) is 2.74. The fourth-order valence-corrected chi connectivity index (χ4v) is 3.43. The van der Waals surface area contributed by atoms with Gasteiger partial charge in [-0.05, 0) is 17.7 Å². The van der Waals surface area contributed by atoms with Crippen molar-refractivity contribution in [3.05, 3.63) is 47.8 Å². The van der Waals surface area contributed by atoms with Crippen molar-refractivity contribution in [3.8, 4) is 0 Å². The summed E-state index contributed by atoms with van der Waals surface area (Å²) in [6.07, 6.45) is 2.39. The molecule has 1 fully saturated rings. The van der Waals surface area contributed by atoms with E-state index >= 15 is 0 Å². The van der Waals surface area contributed by atoms with E-state index in [4.69, 9.17) is 9.47 Å². The number of halogens is 1. The van der Waals surface area contributed by atoms with E-state index in [0.717, 1.165) is 0 Å². The predicted octanol–water partition coefficient (Wildman–Crippen LogP) is -0.0351. The summed E-state index contributed by atoms with van der Waals surface area (Å²) >= 11 is 0. The Morgan fingerprint density at radius 1 is 1.20 bits per heavy atom. The second-order valence-corrected chi connectivity index (χ2v) is 7.37. The number of nitrogens with zero attached hydrogens (tertiary/aromatic N) is 1. The molecule has 2 aliphatic heterocycles. The minimum absolute atomic E-state index is 0.0662. The van der Waals surface area contributed by atoms with Gasteiger partial charge in [-0.3, -0.25) is 14.5 Å². The maximum Gasteiger partial charge on any atom is 0.234 e. The van der Waals surface area contributed by atoms with Crippen LogP contribution in [-0.2, 0) is 25.6 Å². The molecule has 0 aliphatic carbocycles. The first kappa shape index (κ1) is 22.4. The lowest BCUT2D eigenvalue weighted by atomic mass is 10.0. The zero-order chi connectivity index (χ0) is 21.3. The summed E-state index contributed by atoms with van der Waals surface area (Å²) in [6, 6.07) is 5.56. The van der Waals surface area contributed by atoms with Gasteiger partial charge < -0.3 is 25.2 Å². The molecule has 3 N–H and O–H groups in total. The summed E-state index contributed by atoms with van der Waals surface area (Å²) in [7, 11) is 0. The van der Waals surface area contributed by atoms with Crippen LogP contribution in [0.25, 0.3) is 0 Å². The largest absolute Gasteiger partial charge is 0.394 e. The van der Waals surface area contributed by atoms with Crippen LogP contribution in [0.1, 0.15) is 12.0 Å². The number of hydrogen-bond donors (Lipinski definition) is 3. The summed E-state index contributed by atoms with van der Waals surface area (Å²) < 4.78 is 24.2. The van der Waals surface area contributed by atoms with E-state index in [1.54, 1.807) is 24.3 Å². The van der Waals surface area contributed by atoms with Crippen LogP contribution in [0.4, 0.5) is 4.39 Å². The van der Waals surface area contributed by atoms with Crippen molar-refractivity contribution in [1.82, 2.24) is 15.5 Å². The van der Waals surface area contributed by atoms with Crippen molar-refractivity contribution in [3.63, 3.8) is 0 Å². The van der Waals surface area contributed by atoms with Gasteiger partial charge in [0.2, 0.25) is 11.8 Å². The molecule has 0 saturated carbocycles. The monoisotopic (exact) mass is 421 g/mol. The first-order chi connectivity index (χ1) is 14.5. The molecule has 0 spiro atoms. The van der Waals surface area contributed by atoms with Crippen molar-refractivity contribution in [2.24, 2.45) is 0 Å². The SMILES string of the molecule is O=C(C[C@H]1C=C[C@H](NC(=O)CN2CCOCC2)[C@@H](CO)O1)NCc1cccc(F)c1. The lowest BCUT2D eigenvalue weighted by Gasteiger charge is -2.32. The number of rotatable bonds is 8. The molecule has 0 radical (unpaired) electrons. The van der Waals surface area contributed by atoms with Crippen LogP contribution in [0.2, 0.25) is 0 Å². The van der Waals surface area contributed by atoms with E-state index in [0.29, 0.717) is 31.9 Å². The molecule has 2 heterocycles. The number of carbonyl (C=O) groups is 2. The molecule has 30 heavy (non-hydrogen) atoms. The summed E-state index contributed by atoms with van der Waals surface area (Å²) in [5.74, 6) is -0.756. The summed E-state index contributed by atoms with van der Waals surface area (Å²) in [6.45, 7) is 2.84. The summed E-state index contributed by atoms with van der Waals surface area (Å²) in [5, 5.41) is 15.2. The standard InChI is InChI=1S/C21H28FN3O5/c22-16-3-1-2-15(10-16)12-23-20(27)11-17-4-5-18(19(14-26)30-17)24-21(28)13-25-6-8-29-9-7-25/h1-5,10,17-19,26H,6-9,11-14H2,(H,23,27)(H,24,28)/t17-,18+,19-/m1/s1. The molecule has 0 unspecified atom stereocenters. The highest BCUT2D eigenvalue weighted by Crippen LogP contribution is 2.16. The first-order valence-corrected chi connectivity index (χ1v) is 10.1. The van der Waals surface area contributed by atoms with Gasteiger partial charge in [0.05, 0.1) is 44.9 Å². The number of hydrogen-bond acceptors (Lipinski definition) is 6. The minimum Gasteiger partial charge on any atom is -0.394 e. The number of benzene rings is 1. The maximum atomic E-state index is 13.2. The third-order valence-corrected chi connectivity index (χ3v) is 5.03. The molecule has 0 aromatic heterocycles. The summed E-state index contributed by atoms with van der Waals surface area (Å²) in [4.78, 5) is 26.5. The van der Waals surface area contributed by atoms with E-state index in [1.165, 1.54) is 12.1 Å². The van der Waals surface area contributed by atoms with Crippen molar-refractivity contribution < 1.29 is 28.6 Å². The lowest BCUT2D eigenvalue weighted by Crippen LogP contribution is -2.52. The third kappa shape index (κ3) is 6.88. The fourth-order valence-electron chi connectivity index (χ4n) is 3.43. The Labute approximate surface area is 175 Å². The molecule has 3 atom stereocenters. The third-order valence-electron chi connectivity index (χ3n) is 5.03. The van der Waals surface area contributed by atoms with Gasteiger partial charge in [0.15, 0.2) is 0 Å². The number of amides is 2. The number of nitrogens with one attached hydrogen (secondary N) is 2. The van der Waals surface area contributed by atoms with Gasteiger partial charge in [-0.2, -0.15) is 0 Å². The van der Waals surface area contributed by atoms with Gasteiger partial charge in [-0.1, -0.05) is 24.3 Å². The minimum atomic E-state index is -0.635. The molecule has 9 heteroatoms. The number of aliphatic hydroxyl groups excluding tert-OH is 1. The number of carbonyl (C=O) groups excluding carboxylic acids is 2. The Kier molecular flexibility index (Phi) is 8.32. The van der Waals surface area contributed by atoms with Crippen LogP contribution in [0, 0.1) is 5.82 Å². The van der Waals surface area contributed by atoms with Gasteiger partial charge in [0.25, 0.3) is 0 Å². The van der Waals surface area contributed by atoms with Crippen LogP contribution < -0.4 is 10.6 Å². The molecule has 1 saturated heterocycles. The maximum absolute atomic E-state index is 13.2. The normalized spacial score (nSPS) is 24.4. The first-order valence-electron chi connectivity index (χ1n) is 10.1. The molecular weight excluding hydrogens is 393 g/mol. The topological polar surface area (TPSA) is 100 Å². The van der Waals surface area contributed by atoms with Crippen molar-refractivity contribution in [1.29, 1.82) is 0 Å². The number of aliphatic hydroxyl groups is 1. The van der Waals surface area contributed by atoms with E-state index in [1.807, 2.05) is 4.90 Å². The van der Waals surface area contributed by atoms with Gasteiger partial charge in [0.1, 0.15) is 11.9 Å². The lowest BCUT2D eigenvalue weighted by molar-refractivity contribution is -0.129. The van der Waals surface area contributed by atoms with Crippen molar-refractivity contribution >= 4 is 11.8 Å². The molecule has 2 amide bonds. The van der Waals surface area contributed by atoms with Crippen LogP contribution in [-0.4, -0.2) is 79.5 Å². The number of morpholine rings is 1. The number of ether oxygens (including phenoxy) is 2. The van der Waals surface area contributed by atoms with Crippen molar-refractivity contribution in [2.45, 2.75) is 31.2 Å². The quantitative estimate of drug-likeness (QED) is 0.510. The van der Waals surface area contributed by atoms with Gasteiger partial charge >= 0.3 is 0 Å². The van der Waals surface area contributed by atoms with Crippen LogP contribution in [0.3, 0.4) is 0 Å². The molecule has 2 aliphatic rings. The second kappa shape index (κ2) is 11.2. The van der Waals surface area contributed by atoms with Gasteiger partial charge in [-0.25, -0.2) is 4.39 Å². The Balaban J connectivity index is 1.45. The molecular formula is C21H28FN3O5. The Morgan fingerprint density at radius 2 is 2.00 bits per heavy atom. The van der Waals surface area contributed by atoms with Crippen LogP contribution >= 0.6 is 0 Å². The van der Waals surface area contributed by atoms with Crippen molar-refractivity contribution in [2.75, 3.05) is 39.5 Å². The fraction of sp³-hybridized carbons (Fsp3) is 0.524.